The lowest BCUT2D eigenvalue weighted by Gasteiger charge is -2.33. The van der Waals surface area contributed by atoms with Gasteiger partial charge in [-0.2, -0.15) is 0 Å². The number of carbonyl (C=O) groups excluding carboxylic acids is 2. The smallest absolute Gasteiger partial charge is 0.244 e. The van der Waals surface area contributed by atoms with Gasteiger partial charge in [0.1, 0.15) is 18.4 Å². The van der Waals surface area contributed by atoms with E-state index in [9.17, 15) is 22.4 Å². The third-order valence-corrected chi connectivity index (χ3v) is 6.67. The second kappa shape index (κ2) is 12.7. The maximum absolute atomic E-state index is 13.5. The van der Waals surface area contributed by atoms with Crippen LogP contribution < -0.4 is 9.62 Å². The number of benzene rings is 2. The molecule has 1 unspecified atom stereocenters. The van der Waals surface area contributed by atoms with Crippen LogP contribution in [0.4, 0.5) is 10.1 Å². The lowest BCUT2D eigenvalue weighted by molar-refractivity contribution is -0.140. The minimum Gasteiger partial charge on any atom is -0.354 e. The predicted molar refractivity (Wildman–Crippen MR) is 133 cm³/mol. The number of amides is 2. The van der Waals surface area contributed by atoms with E-state index < -0.39 is 34.3 Å². The fraction of sp³-hybridized carbons (Fsp3) is 0.417. The number of hydrogen-bond donors (Lipinski definition) is 1. The highest BCUT2D eigenvalue weighted by molar-refractivity contribution is 7.92. The van der Waals surface area contributed by atoms with Crippen molar-refractivity contribution in [2.24, 2.45) is 0 Å². The van der Waals surface area contributed by atoms with Gasteiger partial charge < -0.3 is 10.2 Å². The Bertz CT molecular complexity index is 1060. The van der Waals surface area contributed by atoms with Gasteiger partial charge in [0.15, 0.2) is 0 Å². The van der Waals surface area contributed by atoms with Crippen LogP contribution in [0.15, 0.2) is 48.5 Å². The fourth-order valence-electron chi connectivity index (χ4n) is 3.43. The Hall–Kier alpha value is -2.65. The molecule has 1 atom stereocenters. The molecule has 0 saturated heterocycles. The van der Waals surface area contributed by atoms with E-state index in [1.54, 1.807) is 31.2 Å². The summed E-state index contributed by atoms with van der Waals surface area (Å²) in [4.78, 5) is 27.8. The molecule has 2 amide bonds. The summed E-state index contributed by atoms with van der Waals surface area (Å²) in [6.07, 6.45) is 3.03. The number of nitrogens with zero attached hydrogens (tertiary/aromatic N) is 2. The average molecular weight is 512 g/mol. The number of unbranched alkanes of at least 4 members (excludes halogenated alkanes) is 1. The summed E-state index contributed by atoms with van der Waals surface area (Å²) >= 11 is 5.98. The van der Waals surface area contributed by atoms with Gasteiger partial charge in [-0.25, -0.2) is 12.8 Å². The quantitative estimate of drug-likeness (QED) is 0.437. The van der Waals surface area contributed by atoms with Gasteiger partial charge >= 0.3 is 0 Å². The van der Waals surface area contributed by atoms with Crippen LogP contribution in [0.1, 0.15) is 38.7 Å². The van der Waals surface area contributed by atoms with Crippen molar-refractivity contribution >= 4 is 39.1 Å². The molecule has 7 nitrogen and oxygen atoms in total. The van der Waals surface area contributed by atoms with Gasteiger partial charge in [0, 0.05) is 18.1 Å². The Kier molecular flexibility index (Phi) is 10.3. The van der Waals surface area contributed by atoms with E-state index in [-0.39, 0.29) is 18.1 Å². The van der Waals surface area contributed by atoms with Gasteiger partial charge in [0.2, 0.25) is 21.8 Å². The molecule has 0 fully saturated rings. The first-order valence-corrected chi connectivity index (χ1v) is 13.3. The summed E-state index contributed by atoms with van der Waals surface area (Å²) in [5.74, 6) is -1.38. The summed E-state index contributed by atoms with van der Waals surface area (Å²) in [7, 11) is -3.86. The number of halogens is 2. The lowest BCUT2D eigenvalue weighted by Crippen LogP contribution is -2.52. The van der Waals surface area contributed by atoms with Crippen LogP contribution in [-0.4, -0.2) is 50.5 Å². The molecule has 2 aromatic carbocycles. The summed E-state index contributed by atoms with van der Waals surface area (Å²) < 4.78 is 39.3. The second-order valence-electron chi connectivity index (χ2n) is 7.96. The molecule has 0 saturated carbocycles. The molecule has 10 heteroatoms. The third kappa shape index (κ3) is 7.99. The molecule has 0 heterocycles. The molecule has 0 radical (unpaired) electrons. The van der Waals surface area contributed by atoms with Crippen LogP contribution in [0.5, 0.6) is 0 Å². The molecule has 34 heavy (non-hydrogen) atoms. The topological polar surface area (TPSA) is 86.8 Å². The van der Waals surface area contributed by atoms with Gasteiger partial charge in [-0.05, 0) is 54.8 Å². The lowest BCUT2D eigenvalue weighted by atomic mass is 10.1. The Morgan fingerprint density at radius 2 is 1.68 bits per heavy atom. The molecule has 0 bridgehead atoms. The van der Waals surface area contributed by atoms with Gasteiger partial charge in [-0.1, -0.05) is 44.0 Å². The van der Waals surface area contributed by atoms with E-state index >= 15 is 0 Å². The van der Waals surface area contributed by atoms with Crippen molar-refractivity contribution in [2.75, 3.05) is 23.7 Å². The van der Waals surface area contributed by atoms with Crippen molar-refractivity contribution in [2.45, 2.75) is 45.7 Å². The Balaban J connectivity index is 2.37. The first-order chi connectivity index (χ1) is 16.1. The summed E-state index contributed by atoms with van der Waals surface area (Å²) in [5, 5.41) is 3.39. The Morgan fingerprint density at radius 1 is 1.06 bits per heavy atom. The van der Waals surface area contributed by atoms with E-state index in [0.29, 0.717) is 18.0 Å². The molecule has 0 spiro atoms. The SMILES string of the molecule is CCCCNC(=O)C(CC)N(Cc1ccc(Cl)cc1)C(=O)CN(c1ccc(F)cc1)S(C)(=O)=O. The van der Waals surface area contributed by atoms with E-state index in [1.165, 1.54) is 17.0 Å². The van der Waals surface area contributed by atoms with Crippen LogP contribution in [0.25, 0.3) is 0 Å². The minimum atomic E-state index is -3.86. The zero-order valence-electron chi connectivity index (χ0n) is 19.6. The molecule has 186 valence electrons. The number of carbonyl (C=O) groups is 2. The van der Waals surface area contributed by atoms with Gasteiger partial charge in [0.05, 0.1) is 11.9 Å². The normalized spacial score (nSPS) is 12.1. The van der Waals surface area contributed by atoms with E-state index in [0.717, 1.165) is 41.1 Å². The van der Waals surface area contributed by atoms with E-state index in [1.807, 2.05) is 6.92 Å². The van der Waals surface area contributed by atoms with Gasteiger partial charge in [0.25, 0.3) is 0 Å². The highest BCUT2D eigenvalue weighted by Crippen LogP contribution is 2.20. The Morgan fingerprint density at radius 3 is 2.21 bits per heavy atom. The maximum atomic E-state index is 13.5. The van der Waals surface area contributed by atoms with E-state index in [2.05, 4.69) is 5.32 Å². The van der Waals surface area contributed by atoms with Crippen molar-refractivity contribution < 1.29 is 22.4 Å². The summed E-state index contributed by atoms with van der Waals surface area (Å²) in [6.45, 7) is 3.85. The zero-order valence-corrected chi connectivity index (χ0v) is 21.2. The zero-order chi connectivity index (χ0) is 25.3. The maximum Gasteiger partial charge on any atom is 0.244 e. The number of hydrogen-bond acceptors (Lipinski definition) is 4. The van der Waals surface area contributed by atoms with Crippen molar-refractivity contribution in [1.29, 1.82) is 0 Å². The van der Waals surface area contributed by atoms with Crippen LogP contribution in [0.2, 0.25) is 5.02 Å². The fourth-order valence-corrected chi connectivity index (χ4v) is 4.41. The highest BCUT2D eigenvalue weighted by atomic mass is 35.5. The number of nitrogens with one attached hydrogen (secondary N) is 1. The van der Waals surface area contributed by atoms with Crippen LogP contribution in [0, 0.1) is 5.82 Å². The van der Waals surface area contributed by atoms with Crippen LogP contribution >= 0.6 is 11.6 Å². The highest BCUT2D eigenvalue weighted by Gasteiger charge is 2.31. The summed E-state index contributed by atoms with van der Waals surface area (Å²) in [6, 6.07) is 10.9. The average Bonchev–Trinajstić information content (AvgIpc) is 2.78. The molecule has 0 aromatic heterocycles. The second-order valence-corrected chi connectivity index (χ2v) is 10.3. The molecule has 1 N–H and O–H groups in total. The molecular weight excluding hydrogens is 481 g/mol. The predicted octanol–water partition coefficient (Wildman–Crippen LogP) is 3.97. The van der Waals surface area contributed by atoms with Crippen LogP contribution in [-0.2, 0) is 26.2 Å². The summed E-state index contributed by atoms with van der Waals surface area (Å²) in [5.41, 5.74) is 0.898. The van der Waals surface area contributed by atoms with Crippen molar-refractivity contribution in [3.05, 3.63) is 64.9 Å². The molecular formula is C24H31ClFN3O4S. The molecule has 2 aromatic rings. The molecule has 0 aliphatic heterocycles. The van der Waals surface area contributed by atoms with Crippen molar-refractivity contribution in [3.63, 3.8) is 0 Å². The number of anilines is 1. The molecule has 0 aliphatic rings. The number of rotatable bonds is 12. The monoisotopic (exact) mass is 511 g/mol. The standard InChI is InChI=1S/C24H31ClFN3O4S/c1-4-6-15-27-24(31)22(5-2)28(16-18-7-9-19(25)10-8-18)23(30)17-29(34(3,32)33)21-13-11-20(26)12-14-21/h7-14,22H,4-6,15-17H2,1-3H3,(H,27,31). The number of sulfonamides is 1. The van der Waals surface area contributed by atoms with Gasteiger partial charge in [-0.15, -0.1) is 0 Å². The first kappa shape index (κ1) is 27.6. The van der Waals surface area contributed by atoms with E-state index in [4.69, 9.17) is 11.6 Å². The van der Waals surface area contributed by atoms with Gasteiger partial charge in [-0.3, -0.25) is 13.9 Å². The minimum absolute atomic E-state index is 0.0940. The molecule has 2 rings (SSSR count). The first-order valence-electron chi connectivity index (χ1n) is 11.1. The Labute approximate surface area is 205 Å². The molecule has 0 aliphatic carbocycles. The largest absolute Gasteiger partial charge is 0.354 e. The van der Waals surface area contributed by atoms with Crippen LogP contribution in [0.3, 0.4) is 0 Å². The van der Waals surface area contributed by atoms with Crippen molar-refractivity contribution in [1.82, 2.24) is 10.2 Å². The van der Waals surface area contributed by atoms with Crippen molar-refractivity contribution in [3.8, 4) is 0 Å². The third-order valence-electron chi connectivity index (χ3n) is 5.28.